The lowest BCUT2D eigenvalue weighted by molar-refractivity contribution is -0.0500. The number of benzene rings is 1. The van der Waals surface area contributed by atoms with Crippen molar-refractivity contribution in [1.29, 1.82) is 0 Å². The van der Waals surface area contributed by atoms with Crippen LogP contribution >= 0.6 is 0 Å². The summed E-state index contributed by atoms with van der Waals surface area (Å²) in [4.78, 5) is 2.37. The molecule has 3 aliphatic rings. The Morgan fingerprint density at radius 1 is 1.21 bits per heavy atom. The zero-order chi connectivity index (χ0) is 20.9. The van der Waals surface area contributed by atoms with E-state index >= 15 is 0 Å². The average molecular weight is 435 g/mol. The molecule has 2 bridgehead atoms. The summed E-state index contributed by atoms with van der Waals surface area (Å²) in [5.41, 5.74) is -3.64. The van der Waals surface area contributed by atoms with Crippen LogP contribution < -0.4 is 4.18 Å². The highest BCUT2D eigenvalue weighted by Gasteiger charge is 2.54. The lowest BCUT2D eigenvalue weighted by Gasteiger charge is -2.59. The van der Waals surface area contributed by atoms with Crippen LogP contribution in [-0.2, 0) is 22.0 Å². The van der Waals surface area contributed by atoms with Gasteiger partial charge in [-0.1, -0.05) is 18.9 Å². The van der Waals surface area contributed by atoms with Crippen LogP contribution in [0.25, 0.3) is 0 Å². The molecule has 1 aliphatic heterocycles. The van der Waals surface area contributed by atoms with Gasteiger partial charge in [0.05, 0.1) is 6.67 Å². The minimum Gasteiger partial charge on any atom is -0.376 e. The summed E-state index contributed by atoms with van der Waals surface area (Å²) in [7, 11) is -5.69. The highest BCUT2D eigenvalue weighted by molar-refractivity contribution is 7.88. The van der Waals surface area contributed by atoms with Gasteiger partial charge in [0.15, 0.2) is 0 Å². The molecular formula is C20H25F4NO3S. The van der Waals surface area contributed by atoms with E-state index in [0.717, 1.165) is 56.2 Å². The molecule has 3 atom stereocenters. The molecule has 29 heavy (non-hydrogen) atoms. The molecule has 162 valence electrons. The average Bonchev–Trinajstić information content (AvgIpc) is 2.66. The molecular weight excluding hydrogens is 410 g/mol. The van der Waals surface area contributed by atoms with Crippen molar-refractivity contribution >= 4 is 10.1 Å². The van der Waals surface area contributed by atoms with Gasteiger partial charge in [-0.15, -0.1) is 0 Å². The maximum absolute atomic E-state index is 12.7. The molecule has 2 aliphatic carbocycles. The summed E-state index contributed by atoms with van der Waals surface area (Å²) in [6.07, 6.45) is 6.22. The lowest BCUT2D eigenvalue weighted by atomic mass is 9.52. The van der Waals surface area contributed by atoms with E-state index < -0.39 is 15.6 Å². The van der Waals surface area contributed by atoms with Crippen molar-refractivity contribution in [3.63, 3.8) is 0 Å². The van der Waals surface area contributed by atoms with Gasteiger partial charge in [-0.2, -0.15) is 21.6 Å². The highest BCUT2D eigenvalue weighted by Crippen LogP contribution is 2.56. The third-order valence-electron chi connectivity index (χ3n) is 6.99. The van der Waals surface area contributed by atoms with E-state index in [1.54, 1.807) is 6.07 Å². The second-order valence-electron chi connectivity index (χ2n) is 8.41. The maximum atomic E-state index is 12.7. The fourth-order valence-electron chi connectivity index (χ4n) is 5.83. The van der Waals surface area contributed by atoms with Crippen LogP contribution in [0.3, 0.4) is 0 Å². The number of nitrogens with zero attached hydrogens (tertiary/aromatic N) is 1. The molecule has 1 heterocycles. The first-order chi connectivity index (χ1) is 13.7. The molecule has 1 saturated heterocycles. The molecule has 4 nitrogen and oxygen atoms in total. The molecule has 1 aromatic rings. The summed E-state index contributed by atoms with van der Waals surface area (Å²) in [5, 5.41) is 0. The van der Waals surface area contributed by atoms with Crippen LogP contribution in [0.5, 0.6) is 5.75 Å². The Labute approximate surface area is 168 Å². The van der Waals surface area contributed by atoms with Crippen LogP contribution in [0.15, 0.2) is 18.2 Å². The quantitative estimate of drug-likeness (QED) is 0.392. The number of hydrogen-bond acceptors (Lipinski definition) is 4. The number of fused-ring (bicyclic) bond motifs is 1. The first kappa shape index (κ1) is 20.9. The summed E-state index contributed by atoms with van der Waals surface area (Å²) < 4.78 is 78.2. The van der Waals surface area contributed by atoms with Gasteiger partial charge in [0.25, 0.3) is 0 Å². The van der Waals surface area contributed by atoms with Crippen LogP contribution in [0.4, 0.5) is 17.6 Å². The number of rotatable bonds is 5. The van der Waals surface area contributed by atoms with Gasteiger partial charge in [0.2, 0.25) is 0 Å². The molecule has 2 fully saturated rings. The van der Waals surface area contributed by atoms with Crippen molar-refractivity contribution < 1.29 is 30.2 Å². The first-order valence-corrected chi connectivity index (χ1v) is 11.5. The van der Waals surface area contributed by atoms with E-state index in [2.05, 4.69) is 9.08 Å². The Balaban J connectivity index is 1.70. The Morgan fingerprint density at radius 3 is 2.72 bits per heavy atom. The van der Waals surface area contributed by atoms with Gasteiger partial charge in [-0.05, 0) is 67.8 Å². The van der Waals surface area contributed by atoms with Crippen LogP contribution in [0.1, 0.15) is 49.7 Å². The highest BCUT2D eigenvalue weighted by atomic mass is 32.2. The molecule has 0 spiro atoms. The summed E-state index contributed by atoms with van der Waals surface area (Å²) in [6.45, 7) is 1.20. The largest absolute Gasteiger partial charge is 0.534 e. The van der Waals surface area contributed by atoms with Crippen LogP contribution in [0, 0.1) is 5.92 Å². The van der Waals surface area contributed by atoms with Crippen molar-refractivity contribution in [3.8, 4) is 5.75 Å². The number of halogens is 4. The van der Waals surface area contributed by atoms with Crippen molar-refractivity contribution in [3.05, 3.63) is 29.3 Å². The molecule has 0 amide bonds. The number of likely N-dealkylation sites (tertiary alicyclic amines) is 1. The van der Waals surface area contributed by atoms with E-state index in [1.807, 2.05) is 0 Å². The van der Waals surface area contributed by atoms with Gasteiger partial charge < -0.3 is 4.18 Å². The van der Waals surface area contributed by atoms with Gasteiger partial charge in [0.1, 0.15) is 5.75 Å². The van der Waals surface area contributed by atoms with Crippen molar-refractivity contribution in [2.24, 2.45) is 5.92 Å². The van der Waals surface area contributed by atoms with E-state index in [4.69, 9.17) is 0 Å². The smallest absolute Gasteiger partial charge is 0.376 e. The Bertz CT molecular complexity index is 873. The Kier molecular flexibility index (Phi) is 5.34. The zero-order valence-corrected chi connectivity index (χ0v) is 16.9. The molecule has 1 aromatic carbocycles. The maximum Gasteiger partial charge on any atom is 0.534 e. The van der Waals surface area contributed by atoms with Gasteiger partial charge in [0, 0.05) is 18.0 Å². The lowest BCUT2D eigenvalue weighted by Crippen LogP contribution is -2.61. The SMILES string of the molecule is O=S(=O)(Oc1ccc2c(c1)[C@@]13CCCC[C@H]1[C@@H](C2)N(CCCF)CC3)C(F)(F)F. The fraction of sp³-hybridized carbons (Fsp3) is 0.700. The normalized spacial score (nSPS) is 29.8. The molecule has 4 rings (SSSR count). The zero-order valence-electron chi connectivity index (χ0n) is 16.0. The van der Waals surface area contributed by atoms with Crippen molar-refractivity contribution in [1.82, 2.24) is 4.90 Å². The van der Waals surface area contributed by atoms with Gasteiger partial charge >= 0.3 is 15.6 Å². The third kappa shape index (κ3) is 3.54. The van der Waals surface area contributed by atoms with Gasteiger partial charge in [-0.25, -0.2) is 0 Å². The van der Waals surface area contributed by atoms with E-state index in [0.29, 0.717) is 24.9 Å². The minimum atomic E-state index is -5.69. The third-order valence-corrected chi connectivity index (χ3v) is 7.97. The summed E-state index contributed by atoms with van der Waals surface area (Å²) in [6, 6.07) is 4.83. The van der Waals surface area contributed by atoms with Crippen molar-refractivity contribution in [2.45, 2.75) is 61.9 Å². The molecule has 0 unspecified atom stereocenters. The number of piperidine rings is 1. The number of alkyl halides is 4. The van der Waals surface area contributed by atoms with Gasteiger partial charge in [-0.3, -0.25) is 9.29 Å². The van der Waals surface area contributed by atoms with E-state index in [9.17, 15) is 26.0 Å². The standard InChI is InChI=1S/C20H25F4NO3S/c21-9-3-10-25-11-8-19-7-2-1-4-16(19)18(25)12-14-5-6-15(13-17(14)19)28-29(26,27)20(22,23)24/h5-6,13,16,18H,1-4,7-12H2/t16-,18+,19+/m0/s1. The molecule has 1 saturated carbocycles. The van der Waals surface area contributed by atoms with E-state index in [1.165, 1.54) is 12.1 Å². The number of hydrogen-bond donors (Lipinski definition) is 0. The molecule has 0 radical (unpaired) electrons. The van der Waals surface area contributed by atoms with Crippen LogP contribution in [-0.4, -0.2) is 44.6 Å². The molecule has 9 heteroatoms. The van der Waals surface area contributed by atoms with E-state index in [-0.39, 0.29) is 17.8 Å². The van der Waals surface area contributed by atoms with Crippen LogP contribution in [0.2, 0.25) is 0 Å². The predicted octanol–water partition coefficient (Wildman–Crippen LogP) is 4.33. The second kappa shape index (κ2) is 7.41. The second-order valence-corrected chi connectivity index (χ2v) is 9.95. The Hall–Kier alpha value is -1.35. The van der Waals surface area contributed by atoms with Crippen molar-refractivity contribution in [2.75, 3.05) is 19.8 Å². The fourth-order valence-corrected chi connectivity index (χ4v) is 6.28. The Morgan fingerprint density at radius 2 is 2.00 bits per heavy atom. The first-order valence-electron chi connectivity index (χ1n) is 10.1. The predicted molar refractivity (Wildman–Crippen MR) is 100.0 cm³/mol. The minimum absolute atomic E-state index is 0.163. The topological polar surface area (TPSA) is 46.6 Å². The molecule has 0 N–H and O–H groups in total. The summed E-state index contributed by atoms with van der Waals surface area (Å²) in [5.74, 6) is 0.0738. The summed E-state index contributed by atoms with van der Waals surface area (Å²) >= 11 is 0. The molecule has 0 aromatic heterocycles. The monoisotopic (exact) mass is 435 g/mol.